The summed E-state index contributed by atoms with van der Waals surface area (Å²) in [4.78, 5) is 0. The predicted octanol–water partition coefficient (Wildman–Crippen LogP) is 6.79. The van der Waals surface area contributed by atoms with E-state index in [2.05, 4.69) is 39.0 Å². The number of unbranched alkanes of at least 4 members (excludes halogenated alkanes) is 1. The average molecular weight is 354 g/mol. The number of allylic oxidation sites excluding steroid dienone is 2. The molecule has 26 heavy (non-hydrogen) atoms. The summed E-state index contributed by atoms with van der Waals surface area (Å²) in [7, 11) is 0. The van der Waals surface area contributed by atoms with Crippen LogP contribution in [0.1, 0.15) is 76.8 Å². The summed E-state index contributed by atoms with van der Waals surface area (Å²) in [6.07, 6.45) is 8.49. The van der Waals surface area contributed by atoms with Crippen LogP contribution in [-0.2, 0) is 6.42 Å². The van der Waals surface area contributed by atoms with Crippen LogP contribution in [0.2, 0.25) is 0 Å². The smallest absolute Gasteiger partial charge is 0.126 e. The molecule has 0 aromatic heterocycles. The van der Waals surface area contributed by atoms with Crippen LogP contribution in [0.25, 0.3) is 0 Å². The second kappa shape index (κ2) is 7.55. The standard InChI is InChI=1S/C24H32FN/c1-5-7-8-20-16(3)22-12-11-19(15-26)24(22,4)14-21(20)18-10-9-17(6-2)23(25)13-18/h8-10,13,16,19,21-22H,5-7,11-12,14H2,1-4H3/b20-8-. The molecule has 2 fully saturated rings. The van der Waals surface area contributed by atoms with Crippen LogP contribution in [-0.4, -0.2) is 0 Å². The maximum atomic E-state index is 14.5. The molecule has 1 nitrogen and oxygen atoms in total. The Morgan fingerprint density at radius 2 is 2.08 bits per heavy atom. The molecule has 140 valence electrons. The molecule has 2 heteroatoms. The van der Waals surface area contributed by atoms with Crippen molar-refractivity contribution in [1.29, 1.82) is 5.26 Å². The molecule has 1 aromatic carbocycles. The SMILES string of the molecule is CCC/C=C1\C(c2ccc(CC)c(F)c2)CC2(C)C(C#N)CCC2C1C. The van der Waals surface area contributed by atoms with Crippen molar-refractivity contribution in [3.8, 4) is 6.07 Å². The van der Waals surface area contributed by atoms with Crippen LogP contribution in [0.5, 0.6) is 0 Å². The summed E-state index contributed by atoms with van der Waals surface area (Å²) in [6.45, 7) is 8.86. The highest BCUT2D eigenvalue weighted by Gasteiger charge is 2.54. The van der Waals surface area contributed by atoms with E-state index in [1.165, 1.54) is 5.57 Å². The summed E-state index contributed by atoms with van der Waals surface area (Å²) in [5, 5.41) is 9.71. The monoisotopic (exact) mass is 353 g/mol. The highest BCUT2D eigenvalue weighted by Crippen LogP contribution is 2.62. The third-order valence-electron chi connectivity index (χ3n) is 7.27. The number of hydrogen-bond acceptors (Lipinski definition) is 1. The maximum Gasteiger partial charge on any atom is 0.126 e. The fraction of sp³-hybridized carbons (Fsp3) is 0.625. The molecule has 0 aliphatic heterocycles. The van der Waals surface area contributed by atoms with Crippen LogP contribution in [0, 0.1) is 40.3 Å². The zero-order chi connectivity index (χ0) is 18.9. The van der Waals surface area contributed by atoms with Gasteiger partial charge in [-0.25, -0.2) is 4.39 Å². The molecule has 2 saturated carbocycles. The van der Waals surface area contributed by atoms with E-state index in [9.17, 15) is 9.65 Å². The lowest BCUT2D eigenvalue weighted by atomic mass is 9.56. The minimum absolute atomic E-state index is 0.0439. The summed E-state index contributed by atoms with van der Waals surface area (Å²) in [5.74, 6) is 1.34. The third-order valence-corrected chi connectivity index (χ3v) is 7.27. The summed E-state index contributed by atoms with van der Waals surface area (Å²) >= 11 is 0. The largest absolute Gasteiger partial charge is 0.207 e. The topological polar surface area (TPSA) is 23.8 Å². The van der Waals surface area contributed by atoms with E-state index in [4.69, 9.17) is 0 Å². The quantitative estimate of drug-likeness (QED) is 0.546. The van der Waals surface area contributed by atoms with Gasteiger partial charge in [0.25, 0.3) is 0 Å². The molecule has 2 aliphatic rings. The van der Waals surface area contributed by atoms with Crippen molar-refractivity contribution >= 4 is 0 Å². The van der Waals surface area contributed by atoms with Crippen LogP contribution in [0.15, 0.2) is 29.8 Å². The molecule has 0 spiro atoms. The number of rotatable bonds is 4. The summed E-state index contributed by atoms with van der Waals surface area (Å²) in [5.41, 5.74) is 3.41. The van der Waals surface area contributed by atoms with Crippen LogP contribution in [0.3, 0.4) is 0 Å². The number of nitrogens with zero attached hydrogens (tertiary/aromatic N) is 1. The molecule has 3 rings (SSSR count). The Balaban J connectivity index is 2.04. The number of nitriles is 1. The zero-order valence-electron chi connectivity index (χ0n) is 16.7. The second-order valence-corrected chi connectivity index (χ2v) is 8.61. The Kier molecular flexibility index (Phi) is 5.56. The van der Waals surface area contributed by atoms with E-state index in [0.717, 1.165) is 49.7 Å². The summed E-state index contributed by atoms with van der Waals surface area (Å²) in [6, 6.07) is 8.43. The van der Waals surface area contributed by atoms with Gasteiger partial charge in [0.05, 0.1) is 12.0 Å². The number of fused-ring (bicyclic) bond motifs is 1. The Hall–Kier alpha value is -1.62. The van der Waals surface area contributed by atoms with Gasteiger partial charge in [-0.05, 0) is 66.5 Å². The first-order chi connectivity index (χ1) is 12.5. The Morgan fingerprint density at radius 3 is 2.69 bits per heavy atom. The highest BCUT2D eigenvalue weighted by atomic mass is 19.1. The van der Waals surface area contributed by atoms with Gasteiger partial charge in [-0.15, -0.1) is 0 Å². The first-order valence-corrected chi connectivity index (χ1v) is 10.3. The minimum Gasteiger partial charge on any atom is -0.207 e. The molecule has 5 atom stereocenters. The number of aryl methyl sites for hydroxylation is 1. The van der Waals surface area contributed by atoms with E-state index in [0.29, 0.717) is 11.8 Å². The molecule has 0 N–H and O–H groups in total. The van der Waals surface area contributed by atoms with E-state index in [1.807, 2.05) is 13.0 Å². The molecule has 2 aliphatic carbocycles. The van der Waals surface area contributed by atoms with Gasteiger partial charge in [0.1, 0.15) is 5.82 Å². The number of halogens is 1. The molecule has 0 amide bonds. The fourth-order valence-corrected chi connectivity index (χ4v) is 5.71. The molecule has 0 bridgehead atoms. The van der Waals surface area contributed by atoms with E-state index in [1.54, 1.807) is 6.07 Å². The van der Waals surface area contributed by atoms with Crippen molar-refractivity contribution in [2.75, 3.05) is 0 Å². The molecule has 0 radical (unpaired) electrons. The second-order valence-electron chi connectivity index (χ2n) is 8.61. The highest BCUT2D eigenvalue weighted by molar-refractivity contribution is 5.37. The van der Waals surface area contributed by atoms with Crippen molar-refractivity contribution in [2.24, 2.45) is 23.2 Å². The molecular formula is C24H32FN. The normalized spacial score (nSPS) is 35.3. The van der Waals surface area contributed by atoms with Crippen LogP contribution >= 0.6 is 0 Å². The molecule has 0 heterocycles. The zero-order valence-corrected chi connectivity index (χ0v) is 16.7. The van der Waals surface area contributed by atoms with Crippen LogP contribution in [0.4, 0.5) is 4.39 Å². The molecule has 0 saturated heterocycles. The maximum absolute atomic E-state index is 14.5. The summed E-state index contributed by atoms with van der Waals surface area (Å²) < 4.78 is 14.5. The average Bonchev–Trinajstić information content (AvgIpc) is 2.97. The third kappa shape index (κ3) is 3.11. The number of hydrogen-bond donors (Lipinski definition) is 0. The predicted molar refractivity (Wildman–Crippen MR) is 105 cm³/mol. The van der Waals surface area contributed by atoms with Crippen molar-refractivity contribution in [3.05, 3.63) is 46.8 Å². The first kappa shape index (κ1) is 19.2. The van der Waals surface area contributed by atoms with Gasteiger partial charge in [-0.1, -0.05) is 57.9 Å². The van der Waals surface area contributed by atoms with Gasteiger partial charge >= 0.3 is 0 Å². The first-order valence-electron chi connectivity index (χ1n) is 10.3. The van der Waals surface area contributed by atoms with E-state index < -0.39 is 0 Å². The van der Waals surface area contributed by atoms with Gasteiger partial charge < -0.3 is 0 Å². The van der Waals surface area contributed by atoms with E-state index in [-0.39, 0.29) is 23.1 Å². The van der Waals surface area contributed by atoms with Crippen molar-refractivity contribution < 1.29 is 4.39 Å². The minimum atomic E-state index is -0.0805. The van der Waals surface area contributed by atoms with Gasteiger partial charge in [0, 0.05) is 5.92 Å². The Morgan fingerprint density at radius 1 is 1.31 bits per heavy atom. The molecule has 1 aromatic rings. The van der Waals surface area contributed by atoms with Gasteiger partial charge in [-0.2, -0.15) is 5.26 Å². The van der Waals surface area contributed by atoms with Crippen molar-refractivity contribution in [3.63, 3.8) is 0 Å². The van der Waals surface area contributed by atoms with Gasteiger partial charge in [0.2, 0.25) is 0 Å². The van der Waals surface area contributed by atoms with Gasteiger partial charge in [-0.3, -0.25) is 0 Å². The van der Waals surface area contributed by atoms with Crippen molar-refractivity contribution in [1.82, 2.24) is 0 Å². The Bertz CT molecular complexity index is 728. The Labute approximate surface area is 158 Å². The number of benzene rings is 1. The van der Waals surface area contributed by atoms with Crippen LogP contribution < -0.4 is 0 Å². The lowest BCUT2D eigenvalue weighted by molar-refractivity contribution is 0.0978. The lowest BCUT2D eigenvalue weighted by Gasteiger charge is -2.48. The van der Waals surface area contributed by atoms with Gasteiger partial charge in [0.15, 0.2) is 0 Å². The lowest BCUT2D eigenvalue weighted by Crippen LogP contribution is -2.40. The molecule has 5 unspecified atom stereocenters. The van der Waals surface area contributed by atoms with Crippen molar-refractivity contribution in [2.45, 2.75) is 72.1 Å². The fourth-order valence-electron chi connectivity index (χ4n) is 5.71. The van der Waals surface area contributed by atoms with E-state index >= 15 is 0 Å². The molecular weight excluding hydrogens is 321 g/mol.